The predicted octanol–water partition coefficient (Wildman–Crippen LogP) is -0.00650. The quantitative estimate of drug-likeness (QED) is 0.266. The molecule has 1 aromatic carbocycles. The molecule has 0 radical (unpaired) electrons. The topological polar surface area (TPSA) is 159 Å². The summed E-state index contributed by atoms with van der Waals surface area (Å²) in [6.07, 6.45) is 0. The molecule has 3 heterocycles. The summed E-state index contributed by atoms with van der Waals surface area (Å²) in [6, 6.07) is 7.12. The third-order valence-corrected chi connectivity index (χ3v) is 4.73. The molecule has 3 aromatic heterocycles. The molecule has 0 amide bonds. The Kier molecular flexibility index (Phi) is 4.20. The van der Waals surface area contributed by atoms with Gasteiger partial charge in [-0.1, -0.05) is 0 Å². The predicted molar refractivity (Wildman–Crippen MR) is 106 cm³/mol. The molecule has 6 N–H and O–H groups in total. The van der Waals surface area contributed by atoms with E-state index in [0.717, 1.165) is 5.56 Å². The summed E-state index contributed by atoms with van der Waals surface area (Å²) in [7, 11) is 0. The molecule has 12 nitrogen and oxygen atoms in total. The number of nitrogens with zero attached hydrogens (tertiary/aromatic N) is 7. The van der Waals surface area contributed by atoms with E-state index in [1.165, 1.54) is 18.6 Å². The highest BCUT2D eigenvalue weighted by Crippen LogP contribution is 2.18. The fourth-order valence-corrected chi connectivity index (χ4v) is 3.05. The fraction of sp³-hybridized carbons (Fsp3) is 0.143. The van der Waals surface area contributed by atoms with Crippen LogP contribution in [0, 0.1) is 16.5 Å². The van der Waals surface area contributed by atoms with Gasteiger partial charge in [-0.2, -0.15) is 15.3 Å². The molecule has 14 heteroatoms. The summed E-state index contributed by atoms with van der Waals surface area (Å²) in [5.74, 6) is 13.0. The number of benzene rings is 1. The number of hydrogen-bond acceptors (Lipinski definition) is 8. The van der Waals surface area contributed by atoms with E-state index in [1.807, 2.05) is 0 Å². The molecule has 0 aliphatic carbocycles. The van der Waals surface area contributed by atoms with E-state index in [9.17, 15) is 4.79 Å². The van der Waals surface area contributed by atoms with Crippen molar-refractivity contribution in [3.63, 3.8) is 0 Å². The summed E-state index contributed by atoms with van der Waals surface area (Å²) in [5.41, 5.74) is 1.05. The molecule has 0 saturated heterocycles. The van der Waals surface area contributed by atoms with Crippen LogP contribution in [0.5, 0.6) is 0 Å². The van der Waals surface area contributed by atoms with E-state index in [1.54, 1.807) is 31.2 Å². The Hall–Kier alpha value is -3.52. The van der Waals surface area contributed by atoms with Crippen LogP contribution in [0.1, 0.15) is 11.6 Å². The molecule has 28 heavy (non-hydrogen) atoms. The Morgan fingerprint density at radius 2 is 1.68 bits per heavy atom. The normalized spacial score (nSPS) is 11.2. The minimum absolute atomic E-state index is 0.0798. The summed E-state index contributed by atoms with van der Waals surface area (Å²) in [4.78, 5) is 12.8. The van der Waals surface area contributed by atoms with Crippen molar-refractivity contribution in [2.45, 2.75) is 13.5 Å². The molecule has 0 saturated carbocycles. The highest BCUT2D eigenvalue weighted by molar-refractivity contribution is 7.71. The monoisotopic (exact) mass is 417 g/mol. The number of nitrogens with two attached hydrogens (primary N) is 2. The van der Waals surface area contributed by atoms with Gasteiger partial charge in [0.1, 0.15) is 12.4 Å². The van der Waals surface area contributed by atoms with Crippen LogP contribution < -0.4 is 17.4 Å². The van der Waals surface area contributed by atoms with E-state index >= 15 is 0 Å². The number of aromatic amines is 2. The molecule has 4 rings (SSSR count). The summed E-state index contributed by atoms with van der Waals surface area (Å²) >= 11 is 9.99. The number of H-pyrrole nitrogens is 2. The van der Waals surface area contributed by atoms with Crippen LogP contribution in [0.15, 0.2) is 29.1 Å². The molecule has 0 atom stereocenters. The van der Waals surface area contributed by atoms with Gasteiger partial charge >= 0.3 is 5.69 Å². The van der Waals surface area contributed by atoms with Crippen LogP contribution in [-0.2, 0) is 6.54 Å². The maximum Gasteiger partial charge on any atom is 0.350 e. The van der Waals surface area contributed by atoms with E-state index < -0.39 is 0 Å². The fourth-order valence-electron chi connectivity index (χ4n) is 2.77. The lowest BCUT2D eigenvalue weighted by atomic mass is 10.2. The van der Waals surface area contributed by atoms with Crippen molar-refractivity contribution in [3.8, 4) is 17.1 Å². The lowest BCUT2D eigenvalue weighted by molar-refractivity contribution is 0.610. The molecule has 144 valence electrons. The second-order valence-electron chi connectivity index (χ2n) is 5.91. The number of aromatic nitrogens is 9. The highest BCUT2D eigenvalue weighted by Gasteiger charge is 2.15. The second kappa shape index (κ2) is 6.58. The molecule has 0 spiro atoms. The van der Waals surface area contributed by atoms with Crippen LogP contribution in [0.4, 0.5) is 0 Å². The average molecular weight is 417 g/mol. The number of nitrogens with one attached hydrogen (secondary N) is 2. The smallest absolute Gasteiger partial charge is 0.335 e. The summed E-state index contributed by atoms with van der Waals surface area (Å²) in [6.45, 7) is 1.81. The Morgan fingerprint density at radius 3 is 2.25 bits per heavy atom. The molecule has 4 aromatic rings. The first-order valence-electron chi connectivity index (χ1n) is 7.98. The first-order valence-corrected chi connectivity index (χ1v) is 8.79. The first-order chi connectivity index (χ1) is 13.4. The summed E-state index contributed by atoms with van der Waals surface area (Å²) in [5, 5.41) is 17.6. The van der Waals surface area contributed by atoms with Crippen molar-refractivity contribution >= 4 is 24.4 Å². The van der Waals surface area contributed by atoms with Gasteiger partial charge in [-0.25, -0.2) is 28.5 Å². The van der Waals surface area contributed by atoms with Crippen molar-refractivity contribution < 1.29 is 0 Å². The molecule has 0 unspecified atom stereocenters. The lowest BCUT2D eigenvalue weighted by Crippen LogP contribution is -2.27. The van der Waals surface area contributed by atoms with Crippen LogP contribution in [0.2, 0.25) is 0 Å². The van der Waals surface area contributed by atoms with Crippen LogP contribution >= 0.6 is 24.4 Å². The van der Waals surface area contributed by atoms with Gasteiger partial charge in [-0.05, 0) is 55.6 Å². The zero-order valence-electron chi connectivity index (χ0n) is 14.5. The lowest BCUT2D eigenvalue weighted by Gasteiger charge is -2.05. The first kappa shape index (κ1) is 17.9. The Bertz CT molecular complexity index is 1330. The number of rotatable bonds is 4. The van der Waals surface area contributed by atoms with Crippen molar-refractivity contribution in [2.75, 3.05) is 11.7 Å². The van der Waals surface area contributed by atoms with Gasteiger partial charge in [0, 0.05) is 5.56 Å². The van der Waals surface area contributed by atoms with E-state index in [2.05, 4.69) is 25.5 Å². The van der Waals surface area contributed by atoms with E-state index in [0.29, 0.717) is 27.9 Å². The Labute approximate surface area is 167 Å². The third-order valence-electron chi connectivity index (χ3n) is 4.16. The molecule has 0 aliphatic heterocycles. The van der Waals surface area contributed by atoms with Gasteiger partial charge in [-0.15, -0.1) is 0 Å². The minimum atomic E-state index is -0.333. The second-order valence-corrected chi connectivity index (χ2v) is 6.68. The molecule has 0 bridgehead atoms. The highest BCUT2D eigenvalue weighted by atomic mass is 32.1. The number of hydrogen-bond donors (Lipinski definition) is 4. The number of nitrogen functional groups attached to an aromatic ring is 2. The molecule has 0 aliphatic rings. The van der Waals surface area contributed by atoms with Gasteiger partial charge < -0.3 is 11.7 Å². The van der Waals surface area contributed by atoms with Gasteiger partial charge in [0.15, 0.2) is 11.6 Å². The van der Waals surface area contributed by atoms with Gasteiger partial charge in [0.25, 0.3) is 0 Å². The zero-order valence-corrected chi connectivity index (χ0v) is 16.2. The van der Waals surface area contributed by atoms with Crippen molar-refractivity contribution in [1.82, 2.24) is 44.1 Å². The molecular weight excluding hydrogens is 402 g/mol. The Morgan fingerprint density at radius 1 is 1.04 bits per heavy atom. The van der Waals surface area contributed by atoms with Crippen molar-refractivity contribution in [2.24, 2.45) is 0 Å². The standard InChI is InChI=1S/C14H15N11OS2/c1-7-21-22(6-10-17-19-12(27)24(10)15)14(26)23(7)9-4-2-8(3-5-9)11-18-20-13(28)25(11)16/h2-5H,6,15-16H2,1H3,(H,19,27)(H,20,28). The van der Waals surface area contributed by atoms with Crippen molar-refractivity contribution in [3.05, 3.63) is 55.9 Å². The van der Waals surface area contributed by atoms with Crippen LogP contribution in [-0.4, -0.2) is 44.1 Å². The minimum Gasteiger partial charge on any atom is -0.335 e. The van der Waals surface area contributed by atoms with E-state index in [4.69, 9.17) is 36.1 Å². The Balaban J connectivity index is 1.70. The van der Waals surface area contributed by atoms with Gasteiger partial charge in [0.2, 0.25) is 9.54 Å². The number of aryl methyl sites for hydroxylation is 1. The molecule has 0 fully saturated rings. The van der Waals surface area contributed by atoms with Gasteiger partial charge in [0.05, 0.1) is 5.69 Å². The molecular formula is C14H15N11OS2. The van der Waals surface area contributed by atoms with Crippen LogP contribution in [0.3, 0.4) is 0 Å². The largest absolute Gasteiger partial charge is 0.350 e. The van der Waals surface area contributed by atoms with Gasteiger partial charge in [-0.3, -0.25) is 5.10 Å². The van der Waals surface area contributed by atoms with Crippen LogP contribution in [0.25, 0.3) is 17.1 Å². The maximum atomic E-state index is 12.8. The van der Waals surface area contributed by atoms with Crippen molar-refractivity contribution in [1.29, 1.82) is 0 Å². The third kappa shape index (κ3) is 2.84. The van der Waals surface area contributed by atoms with E-state index in [-0.39, 0.29) is 17.0 Å². The zero-order chi connectivity index (χ0) is 20.0. The maximum absolute atomic E-state index is 12.8. The average Bonchev–Trinajstić information content (AvgIpc) is 3.27. The summed E-state index contributed by atoms with van der Waals surface area (Å²) < 4.78 is 5.79. The SMILES string of the molecule is Cc1nn(Cc2n[nH]c(=S)n2N)c(=O)n1-c1ccc(-c2n[nH]c(=S)n2N)cc1.